The Bertz CT molecular complexity index is 317. The number of nitrogens with one attached hydrogen (secondary N) is 1. The van der Waals surface area contributed by atoms with Crippen molar-refractivity contribution in [2.75, 3.05) is 26.9 Å². The van der Waals surface area contributed by atoms with Gasteiger partial charge in [0.1, 0.15) is 5.75 Å². The van der Waals surface area contributed by atoms with Gasteiger partial charge in [-0.05, 0) is 37.1 Å². The second-order valence-electron chi connectivity index (χ2n) is 3.95. The molecule has 0 bridgehead atoms. The summed E-state index contributed by atoms with van der Waals surface area (Å²) in [5.41, 5.74) is 1.19. The summed E-state index contributed by atoms with van der Waals surface area (Å²) in [5, 5.41) is 21.0. The van der Waals surface area contributed by atoms with E-state index in [0.717, 1.165) is 18.7 Å². The van der Waals surface area contributed by atoms with Crippen LogP contribution in [0.25, 0.3) is 0 Å². The summed E-state index contributed by atoms with van der Waals surface area (Å²) < 4.78 is 5.15. The summed E-state index contributed by atoms with van der Waals surface area (Å²) in [5.74, 6) is 0.858. The van der Waals surface area contributed by atoms with Crippen molar-refractivity contribution in [2.45, 2.75) is 18.9 Å². The SMILES string of the molecule is COc1cccc(CCNC(CO)CCO)c1. The summed E-state index contributed by atoms with van der Waals surface area (Å²) in [6, 6.07) is 7.90. The molecule has 0 aliphatic rings. The van der Waals surface area contributed by atoms with Crippen LogP contribution in [-0.2, 0) is 6.42 Å². The number of aliphatic hydroxyl groups excluding tert-OH is 2. The van der Waals surface area contributed by atoms with Crippen LogP contribution in [0.3, 0.4) is 0 Å². The molecule has 3 N–H and O–H groups in total. The molecule has 1 unspecified atom stereocenters. The van der Waals surface area contributed by atoms with E-state index in [-0.39, 0.29) is 19.3 Å². The van der Waals surface area contributed by atoms with Crippen molar-refractivity contribution in [3.8, 4) is 5.75 Å². The van der Waals surface area contributed by atoms with Crippen molar-refractivity contribution in [1.82, 2.24) is 5.32 Å². The molecule has 1 atom stereocenters. The molecule has 0 aliphatic heterocycles. The lowest BCUT2D eigenvalue weighted by molar-refractivity contribution is 0.201. The zero-order valence-electron chi connectivity index (χ0n) is 10.2. The lowest BCUT2D eigenvalue weighted by Crippen LogP contribution is -2.34. The third kappa shape index (κ3) is 5.17. The first-order valence-electron chi connectivity index (χ1n) is 5.88. The van der Waals surface area contributed by atoms with Crippen LogP contribution in [0.4, 0.5) is 0 Å². The maximum atomic E-state index is 9.04. The number of methoxy groups -OCH3 is 1. The minimum Gasteiger partial charge on any atom is -0.497 e. The Balaban J connectivity index is 2.34. The maximum absolute atomic E-state index is 9.04. The fourth-order valence-electron chi connectivity index (χ4n) is 1.66. The molecule has 1 aromatic carbocycles. The number of benzene rings is 1. The van der Waals surface area contributed by atoms with Crippen LogP contribution in [0.5, 0.6) is 5.75 Å². The fraction of sp³-hybridized carbons (Fsp3) is 0.538. The smallest absolute Gasteiger partial charge is 0.119 e. The van der Waals surface area contributed by atoms with Crippen molar-refractivity contribution >= 4 is 0 Å². The van der Waals surface area contributed by atoms with Gasteiger partial charge < -0.3 is 20.3 Å². The minimum atomic E-state index is -0.0226. The van der Waals surface area contributed by atoms with E-state index in [1.165, 1.54) is 5.56 Å². The summed E-state index contributed by atoms with van der Waals surface area (Å²) >= 11 is 0. The highest BCUT2D eigenvalue weighted by molar-refractivity contribution is 5.28. The van der Waals surface area contributed by atoms with Crippen molar-refractivity contribution in [2.24, 2.45) is 0 Å². The van der Waals surface area contributed by atoms with Crippen LogP contribution >= 0.6 is 0 Å². The van der Waals surface area contributed by atoms with Gasteiger partial charge in [-0.2, -0.15) is 0 Å². The number of rotatable bonds is 8. The summed E-state index contributed by atoms with van der Waals surface area (Å²) in [4.78, 5) is 0. The Labute approximate surface area is 102 Å². The van der Waals surface area contributed by atoms with E-state index in [1.54, 1.807) is 7.11 Å². The number of hydrogen-bond donors (Lipinski definition) is 3. The van der Waals surface area contributed by atoms with Gasteiger partial charge in [-0.1, -0.05) is 12.1 Å². The van der Waals surface area contributed by atoms with E-state index < -0.39 is 0 Å². The Morgan fingerprint density at radius 1 is 1.35 bits per heavy atom. The molecule has 0 amide bonds. The van der Waals surface area contributed by atoms with Gasteiger partial charge in [-0.15, -0.1) is 0 Å². The molecule has 0 spiro atoms. The highest BCUT2D eigenvalue weighted by Gasteiger charge is 2.05. The Morgan fingerprint density at radius 3 is 2.82 bits per heavy atom. The van der Waals surface area contributed by atoms with Crippen LogP contribution in [0.1, 0.15) is 12.0 Å². The fourth-order valence-corrected chi connectivity index (χ4v) is 1.66. The summed E-state index contributed by atoms with van der Waals surface area (Å²) in [6.07, 6.45) is 1.45. The first-order chi connectivity index (χ1) is 8.30. The molecule has 0 aliphatic carbocycles. The molecule has 0 saturated carbocycles. The normalized spacial score (nSPS) is 12.4. The predicted octanol–water partition coefficient (Wildman–Crippen LogP) is 0.571. The summed E-state index contributed by atoms with van der Waals surface area (Å²) in [7, 11) is 1.65. The van der Waals surface area contributed by atoms with Gasteiger partial charge in [0.2, 0.25) is 0 Å². The van der Waals surface area contributed by atoms with Crippen LogP contribution in [0, 0.1) is 0 Å². The lowest BCUT2D eigenvalue weighted by atomic mass is 10.1. The third-order valence-corrected chi connectivity index (χ3v) is 2.68. The Hall–Kier alpha value is -1.10. The zero-order chi connectivity index (χ0) is 12.5. The van der Waals surface area contributed by atoms with Gasteiger partial charge in [0.15, 0.2) is 0 Å². The molecule has 0 saturated heterocycles. The van der Waals surface area contributed by atoms with Gasteiger partial charge >= 0.3 is 0 Å². The molecular formula is C13H21NO3. The van der Waals surface area contributed by atoms with Crippen molar-refractivity contribution < 1.29 is 14.9 Å². The first-order valence-corrected chi connectivity index (χ1v) is 5.88. The van der Waals surface area contributed by atoms with Gasteiger partial charge in [0, 0.05) is 12.6 Å². The average Bonchev–Trinajstić information content (AvgIpc) is 2.38. The second-order valence-corrected chi connectivity index (χ2v) is 3.95. The average molecular weight is 239 g/mol. The lowest BCUT2D eigenvalue weighted by Gasteiger charge is -2.14. The number of ether oxygens (including phenoxy) is 1. The molecule has 0 heterocycles. The van der Waals surface area contributed by atoms with Crippen LogP contribution < -0.4 is 10.1 Å². The molecule has 4 heteroatoms. The predicted molar refractivity (Wildman–Crippen MR) is 67.3 cm³/mol. The van der Waals surface area contributed by atoms with E-state index in [4.69, 9.17) is 14.9 Å². The van der Waals surface area contributed by atoms with E-state index >= 15 is 0 Å². The largest absolute Gasteiger partial charge is 0.497 e. The quantitative estimate of drug-likeness (QED) is 0.620. The van der Waals surface area contributed by atoms with Crippen LogP contribution in [0.2, 0.25) is 0 Å². The Kier molecular flexibility index (Phi) is 6.62. The van der Waals surface area contributed by atoms with Crippen LogP contribution in [-0.4, -0.2) is 43.1 Å². The van der Waals surface area contributed by atoms with E-state index in [2.05, 4.69) is 5.32 Å². The van der Waals surface area contributed by atoms with Crippen molar-refractivity contribution in [1.29, 1.82) is 0 Å². The topological polar surface area (TPSA) is 61.7 Å². The molecule has 17 heavy (non-hydrogen) atoms. The van der Waals surface area contributed by atoms with Gasteiger partial charge in [0.25, 0.3) is 0 Å². The molecule has 0 fully saturated rings. The van der Waals surface area contributed by atoms with E-state index in [1.807, 2.05) is 24.3 Å². The minimum absolute atomic E-state index is 0.0226. The molecule has 0 radical (unpaired) electrons. The number of aliphatic hydroxyl groups is 2. The maximum Gasteiger partial charge on any atom is 0.119 e. The van der Waals surface area contributed by atoms with Gasteiger partial charge in [-0.3, -0.25) is 0 Å². The zero-order valence-corrected chi connectivity index (χ0v) is 10.2. The standard InChI is InChI=1S/C13H21NO3/c1-17-13-4-2-3-11(9-13)5-7-14-12(10-16)6-8-15/h2-4,9,12,14-16H,5-8,10H2,1H3. The van der Waals surface area contributed by atoms with E-state index in [0.29, 0.717) is 6.42 Å². The molecule has 4 nitrogen and oxygen atoms in total. The van der Waals surface area contributed by atoms with Gasteiger partial charge in [0.05, 0.1) is 13.7 Å². The second kappa shape index (κ2) is 8.06. The molecule has 0 aromatic heterocycles. The highest BCUT2D eigenvalue weighted by atomic mass is 16.5. The molecular weight excluding hydrogens is 218 g/mol. The third-order valence-electron chi connectivity index (χ3n) is 2.68. The Morgan fingerprint density at radius 2 is 2.18 bits per heavy atom. The monoisotopic (exact) mass is 239 g/mol. The molecule has 1 aromatic rings. The molecule has 1 rings (SSSR count). The first kappa shape index (κ1) is 14.0. The highest BCUT2D eigenvalue weighted by Crippen LogP contribution is 2.12. The van der Waals surface area contributed by atoms with Crippen molar-refractivity contribution in [3.63, 3.8) is 0 Å². The molecule has 96 valence electrons. The van der Waals surface area contributed by atoms with E-state index in [9.17, 15) is 0 Å². The summed E-state index contributed by atoms with van der Waals surface area (Å²) in [6.45, 7) is 0.925. The van der Waals surface area contributed by atoms with Gasteiger partial charge in [-0.25, -0.2) is 0 Å². The van der Waals surface area contributed by atoms with Crippen LogP contribution in [0.15, 0.2) is 24.3 Å². The number of hydrogen-bond acceptors (Lipinski definition) is 4. The van der Waals surface area contributed by atoms with Crippen molar-refractivity contribution in [3.05, 3.63) is 29.8 Å².